The molecule has 1 aromatic heterocycles. The number of pyridine rings is 1. The van der Waals surface area contributed by atoms with Crippen molar-refractivity contribution in [3.05, 3.63) is 52.5 Å². The summed E-state index contributed by atoms with van der Waals surface area (Å²) in [7, 11) is 0. The molecule has 0 amide bonds. The first-order valence-corrected chi connectivity index (χ1v) is 4.64. The van der Waals surface area contributed by atoms with E-state index in [1.54, 1.807) is 18.2 Å². The summed E-state index contributed by atoms with van der Waals surface area (Å²) in [5.41, 5.74) is 0.418. The molecule has 0 saturated heterocycles. The molecule has 72 valence electrons. The van der Waals surface area contributed by atoms with Crippen LogP contribution in [0.15, 0.2) is 41.2 Å². The molecule has 3 nitrogen and oxygen atoms in total. The Morgan fingerprint density at radius 2 is 1.80 bits per heavy atom. The number of hydrogen-bond acceptors (Lipinski definition) is 2. The van der Waals surface area contributed by atoms with Crippen molar-refractivity contribution in [2.24, 2.45) is 0 Å². The first-order chi connectivity index (χ1) is 7.27. The molecule has 0 atom stereocenters. The van der Waals surface area contributed by atoms with Gasteiger partial charge in [0.25, 0.3) is 11.5 Å². The number of hydrogen-bond donors (Lipinski definition) is 0. The molecule has 3 heteroatoms. The van der Waals surface area contributed by atoms with E-state index in [0.29, 0.717) is 11.1 Å². The molecule has 15 heavy (non-hydrogen) atoms. The lowest BCUT2D eigenvalue weighted by atomic mass is 10.1. The summed E-state index contributed by atoms with van der Waals surface area (Å²) in [4.78, 5) is 23.3. The molecule has 0 saturated carbocycles. The van der Waals surface area contributed by atoms with Crippen molar-refractivity contribution in [1.29, 1.82) is 0 Å². The number of carbonyl (C=O) groups excluding carboxylic acids is 1. The molecular weight excluding hydrogens is 190 g/mol. The van der Waals surface area contributed by atoms with E-state index in [0.717, 1.165) is 5.39 Å². The number of fused-ring (bicyclic) bond motifs is 2. The van der Waals surface area contributed by atoms with Crippen molar-refractivity contribution in [1.82, 2.24) is 4.57 Å². The fraction of sp³-hybridized carbons (Fsp3) is 0. The molecule has 0 radical (unpaired) electrons. The van der Waals surface area contributed by atoms with Crippen LogP contribution in [0.1, 0.15) is 10.5 Å². The molecular formula is C12H7NO2. The Morgan fingerprint density at radius 1 is 1.00 bits per heavy atom. The van der Waals surface area contributed by atoms with E-state index in [4.69, 9.17) is 0 Å². The quantitative estimate of drug-likeness (QED) is 0.644. The summed E-state index contributed by atoms with van der Waals surface area (Å²) in [5, 5.41) is 1.45. The van der Waals surface area contributed by atoms with Crippen molar-refractivity contribution in [2.75, 3.05) is 0 Å². The number of allylic oxidation sites excluding steroid dienone is 1. The Kier molecular flexibility index (Phi) is 1.45. The normalized spacial score (nSPS) is 13.5. The van der Waals surface area contributed by atoms with Crippen LogP contribution in [0.5, 0.6) is 0 Å². The number of carbonyl (C=O) groups is 1. The fourth-order valence-electron chi connectivity index (χ4n) is 1.86. The van der Waals surface area contributed by atoms with E-state index in [1.807, 2.05) is 18.2 Å². The molecule has 2 heterocycles. The van der Waals surface area contributed by atoms with Gasteiger partial charge < -0.3 is 0 Å². The van der Waals surface area contributed by atoms with Crippen molar-refractivity contribution in [3.63, 3.8) is 0 Å². The molecule has 2 aromatic rings. The lowest BCUT2D eigenvalue weighted by Crippen LogP contribution is -2.24. The molecule has 0 N–H and O–H groups in total. The highest BCUT2D eigenvalue weighted by Crippen LogP contribution is 2.16. The highest BCUT2D eigenvalue weighted by molar-refractivity contribution is 6.01. The highest BCUT2D eigenvalue weighted by atomic mass is 16.2. The lowest BCUT2D eigenvalue weighted by Gasteiger charge is -2.03. The van der Waals surface area contributed by atoms with Crippen LogP contribution in [0, 0.1) is 0 Å². The second-order valence-corrected chi connectivity index (χ2v) is 3.47. The molecule has 0 unspecified atom stereocenters. The van der Waals surface area contributed by atoms with Gasteiger partial charge in [-0.2, -0.15) is 0 Å². The standard InChI is InChI=1S/C12H7NO2/c14-11-6-5-9-7-8-3-1-2-4-10(8)12(15)13(9)11/h1-7H. The summed E-state index contributed by atoms with van der Waals surface area (Å²) in [6.07, 6.45) is 3.08. The first-order valence-electron chi connectivity index (χ1n) is 4.64. The zero-order valence-electron chi connectivity index (χ0n) is 7.81. The van der Waals surface area contributed by atoms with Crippen molar-refractivity contribution < 1.29 is 4.79 Å². The third-order valence-electron chi connectivity index (χ3n) is 2.57. The van der Waals surface area contributed by atoms with Gasteiger partial charge in [-0.25, -0.2) is 4.57 Å². The Labute approximate surface area is 85.3 Å². The molecule has 0 bridgehead atoms. The first kappa shape index (κ1) is 8.17. The molecule has 1 aliphatic heterocycles. The van der Waals surface area contributed by atoms with Gasteiger partial charge in [0.15, 0.2) is 0 Å². The van der Waals surface area contributed by atoms with Gasteiger partial charge in [-0.1, -0.05) is 18.2 Å². The zero-order valence-corrected chi connectivity index (χ0v) is 7.81. The van der Waals surface area contributed by atoms with Crippen molar-refractivity contribution in [3.8, 4) is 0 Å². The minimum atomic E-state index is -0.263. The summed E-state index contributed by atoms with van der Waals surface area (Å²) < 4.78 is 1.20. The zero-order chi connectivity index (χ0) is 10.4. The predicted molar refractivity (Wildman–Crippen MR) is 57.9 cm³/mol. The van der Waals surface area contributed by atoms with Gasteiger partial charge in [-0.3, -0.25) is 9.59 Å². The van der Waals surface area contributed by atoms with E-state index in [1.165, 1.54) is 10.6 Å². The maximum absolute atomic E-state index is 11.9. The second kappa shape index (κ2) is 2.67. The van der Waals surface area contributed by atoms with Crippen LogP contribution in [0.25, 0.3) is 16.8 Å². The van der Waals surface area contributed by atoms with E-state index >= 15 is 0 Å². The van der Waals surface area contributed by atoms with Crippen LogP contribution in [0.2, 0.25) is 0 Å². The van der Waals surface area contributed by atoms with Crippen LogP contribution >= 0.6 is 0 Å². The molecule has 0 spiro atoms. The predicted octanol–water partition coefficient (Wildman–Crippen LogP) is 1.67. The van der Waals surface area contributed by atoms with E-state index < -0.39 is 0 Å². The monoisotopic (exact) mass is 197 g/mol. The van der Waals surface area contributed by atoms with Crippen molar-refractivity contribution in [2.45, 2.75) is 0 Å². The Bertz CT molecular complexity index is 665. The minimum Gasteiger partial charge on any atom is -0.269 e. The van der Waals surface area contributed by atoms with Gasteiger partial charge in [-0.05, 0) is 23.6 Å². The van der Waals surface area contributed by atoms with Crippen LogP contribution in [-0.4, -0.2) is 10.5 Å². The van der Waals surface area contributed by atoms with Gasteiger partial charge in [0.1, 0.15) is 0 Å². The van der Waals surface area contributed by atoms with Gasteiger partial charge in [0.2, 0.25) is 0 Å². The van der Waals surface area contributed by atoms with Crippen LogP contribution in [-0.2, 0) is 0 Å². The Balaban J connectivity index is 2.56. The van der Waals surface area contributed by atoms with Crippen LogP contribution in [0.3, 0.4) is 0 Å². The van der Waals surface area contributed by atoms with Gasteiger partial charge in [0, 0.05) is 11.5 Å². The molecule has 0 fully saturated rings. The third-order valence-corrected chi connectivity index (χ3v) is 2.57. The number of nitrogens with zero attached hydrogens (tertiary/aromatic N) is 1. The summed E-state index contributed by atoms with van der Waals surface area (Å²) in [6, 6.07) is 9.12. The van der Waals surface area contributed by atoms with E-state index in [-0.39, 0.29) is 11.5 Å². The maximum atomic E-state index is 11.9. The summed E-state index contributed by atoms with van der Waals surface area (Å²) in [5.74, 6) is -0.263. The largest absolute Gasteiger partial charge is 0.269 e. The summed E-state index contributed by atoms with van der Waals surface area (Å²) >= 11 is 0. The summed E-state index contributed by atoms with van der Waals surface area (Å²) in [6.45, 7) is 0. The van der Waals surface area contributed by atoms with Crippen molar-refractivity contribution >= 4 is 22.8 Å². The minimum absolute atomic E-state index is 0.238. The third kappa shape index (κ3) is 1.00. The fourth-order valence-corrected chi connectivity index (χ4v) is 1.86. The van der Waals surface area contributed by atoms with Gasteiger partial charge in [-0.15, -0.1) is 0 Å². The molecule has 1 aliphatic rings. The number of benzene rings is 1. The van der Waals surface area contributed by atoms with Gasteiger partial charge in [0.05, 0.1) is 5.69 Å². The number of rotatable bonds is 0. The molecule has 3 rings (SSSR count). The second-order valence-electron chi connectivity index (χ2n) is 3.47. The maximum Gasteiger partial charge on any atom is 0.265 e. The Hall–Kier alpha value is -2.16. The van der Waals surface area contributed by atoms with Crippen LogP contribution < -0.4 is 5.56 Å². The van der Waals surface area contributed by atoms with E-state index in [2.05, 4.69) is 0 Å². The average molecular weight is 197 g/mol. The highest BCUT2D eigenvalue weighted by Gasteiger charge is 2.16. The van der Waals surface area contributed by atoms with Gasteiger partial charge >= 0.3 is 0 Å². The van der Waals surface area contributed by atoms with E-state index in [9.17, 15) is 9.59 Å². The Morgan fingerprint density at radius 3 is 2.67 bits per heavy atom. The average Bonchev–Trinajstić information content (AvgIpc) is 2.61. The molecule has 1 aromatic carbocycles. The van der Waals surface area contributed by atoms with Crippen LogP contribution in [0.4, 0.5) is 0 Å². The number of aromatic nitrogens is 1. The SMILES string of the molecule is O=C1C=Cc2cc3ccccc3c(=O)n21. The lowest BCUT2D eigenvalue weighted by molar-refractivity contribution is 0.0971. The molecule has 0 aliphatic carbocycles. The topological polar surface area (TPSA) is 39.1 Å². The smallest absolute Gasteiger partial charge is 0.265 e.